The van der Waals surface area contributed by atoms with E-state index in [1.54, 1.807) is 13.8 Å². The second-order valence-corrected chi connectivity index (χ2v) is 9.02. The molecule has 0 unspecified atom stereocenters. The zero-order valence-corrected chi connectivity index (χ0v) is 21.3. The van der Waals surface area contributed by atoms with Gasteiger partial charge in [0.15, 0.2) is 21.9 Å². The van der Waals surface area contributed by atoms with E-state index in [2.05, 4.69) is 20.3 Å². The van der Waals surface area contributed by atoms with E-state index in [-0.39, 0.29) is 53.3 Å². The molecule has 10 nitrogen and oxygen atoms in total. The van der Waals surface area contributed by atoms with Gasteiger partial charge in [-0.1, -0.05) is 36.8 Å². The van der Waals surface area contributed by atoms with Crippen LogP contribution in [-0.4, -0.2) is 71.1 Å². The van der Waals surface area contributed by atoms with E-state index in [0.29, 0.717) is 48.5 Å². The highest BCUT2D eigenvalue weighted by atomic mass is 35.5. The van der Waals surface area contributed by atoms with Crippen molar-refractivity contribution in [2.75, 3.05) is 31.2 Å². The fraction of sp³-hybridized carbons (Fsp3) is 0.591. The number of hydrogen-bond acceptors (Lipinski definition) is 9. The Labute approximate surface area is 207 Å². The van der Waals surface area contributed by atoms with E-state index >= 15 is 0 Å². The van der Waals surface area contributed by atoms with Gasteiger partial charge in [-0.3, -0.25) is 9.59 Å². The third-order valence-electron chi connectivity index (χ3n) is 5.49. The lowest BCUT2D eigenvalue weighted by Gasteiger charge is -2.38. The largest absolute Gasteiger partial charge is 0.462 e. The fourth-order valence-corrected chi connectivity index (χ4v) is 5.02. The van der Waals surface area contributed by atoms with Crippen molar-refractivity contribution in [2.45, 2.75) is 59.1 Å². The number of amides is 1. The topological polar surface area (TPSA) is 127 Å². The number of Topliss-reactive ketones (excluding diaryl/α,β-unsaturated/α-hetero) is 1. The van der Waals surface area contributed by atoms with Gasteiger partial charge in [0.1, 0.15) is 10.6 Å². The number of H-pyrrole nitrogens is 1. The van der Waals surface area contributed by atoms with Gasteiger partial charge in [0.2, 0.25) is 0 Å². The number of nitrogens with one attached hydrogen (secondary N) is 2. The van der Waals surface area contributed by atoms with Crippen molar-refractivity contribution >= 4 is 45.7 Å². The van der Waals surface area contributed by atoms with Gasteiger partial charge in [0, 0.05) is 26.1 Å². The van der Waals surface area contributed by atoms with Crippen molar-refractivity contribution in [3.63, 3.8) is 0 Å². The van der Waals surface area contributed by atoms with Gasteiger partial charge in [-0.2, -0.15) is 0 Å². The average molecular weight is 512 g/mol. The Bertz CT molecular complexity index is 1040. The third-order valence-corrected chi connectivity index (χ3v) is 6.89. The first-order valence-electron chi connectivity index (χ1n) is 11.5. The van der Waals surface area contributed by atoms with Crippen LogP contribution in [-0.2, 0) is 15.9 Å². The third kappa shape index (κ3) is 5.76. The van der Waals surface area contributed by atoms with Crippen LogP contribution in [0.25, 0.3) is 0 Å². The summed E-state index contributed by atoms with van der Waals surface area (Å²) in [5.74, 6) is -0.937. The summed E-state index contributed by atoms with van der Waals surface area (Å²) in [7, 11) is 0. The summed E-state index contributed by atoms with van der Waals surface area (Å²) >= 11 is 7.21. The van der Waals surface area contributed by atoms with Crippen LogP contribution in [0, 0.1) is 0 Å². The smallest absolute Gasteiger partial charge is 0.350 e. The molecule has 1 amide bonds. The predicted octanol–water partition coefficient (Wildman–Crippen LogP) is 3.27. The SMILES string of the molecule is CCOC(=O)c1sc(N2CC[C@H](NC(=O)c3nc(Cl)c(CC)[nH]3)[C@H](OCC)C2)nc1C(=O)CC. The highest BCUT2D eigenvalue weighted by Crippen LogP contribution is 2.31. The fourth-order valence-electron chi connectivity index (χ4n) is 3.74. The van der Waals surface area contributed by atoms with Gasteiger partial charge in [-0.15, -0.1) is 0 Å². The quantitative estimate of drug-likeness (QED) is 0.367. The molecule has 0 bridgehead atoms. The molecule has 0 spiro atoms. The molecule has 0 aliphatic carbocycles. The molecule has 34 heavy (non-hydrogen) atoms. The van der Waals surface area contributed by atoms with E-state index in [1.165, 1.54) is 0 Å². The number of carbonyl (C=O) groups excluding carboxylic acids is 3. The Morgan fingerprint density at radius 3 is 2.59 bits per heavy atom. The van der Waals surface area contributed by atoms with Crippen LogP contribution >= 0.6 is 22.9 Å². The number of esters is 1. The summed E-state index contributed by atoms with van der Waals surface area (Å²) in [6.45, 7) is 8.92. The molecule has 0 saturated carbocycles. The van der Waals surface area contributed by atoms with E-state index in [4.69, 9.17) is 21.1 Å². The van der Waals surface area contributed by atoms with E-state index in [0.717, 1.165) is 11.3 Å². The Hall–Kier alpha value is -2.50. The van der Waals surface area contributed by atoms with Crippen LogP contribution in [0.3, 0.4) is 0 Å². The molecular weight excluding hydrogens is 482 g/mol. The maximum absolute atomic E-state index is 12.8. The summed E-state index contributed by atoms with van der Waals surface area (Å²) < 4.78 is 11.0. The molecule has 1 saturated heterocycles. The first-order valence-corrected chi connectivity index (χ1v) is 12.6. The van der Waals surface area contributed by atoms with E-state index < -0.39 is 5.97 Å². The van der Waals surface area contributed by atoms with Crippen LogP contribution in [0.4, 0.5) is 5.13 Å². The van der Waals surface area contributed by atoms with Crippen molar-refractivity contribution in [1.82, 2.24) is 20.3 Å². The number of rotatable bonds is 10. The molecular formula is C22H30ClN5O5S. The Morgan fingerprint density at radius 2 is 1.97 bits per heavy atom. The molecule has 2 atom stereocenters. The van der Waals surface area contributed by atoms with Crippen LogP contribution in [0.15, 0.2) is 0 Å². The van der Waals surface area contributed by atoms with Gasteiger partial charge in [0.25, 0.3) is 5.91 Å². The molecule has 1 aliphatic rings. The number of anilines is 1. The molecule has 3 rings (SSSR count). The zero-order chi connectivity index (χ0) is 24.8. The predicted molar refractivity (Wildman–Crippen MR) is 129 cm³/mol. The maximum Gasteiger partial charge on any atom is 0.350 e. The Morgan fingerprint density at radius 1 is 1.21 bits per heavy atom. The van der Waals surface area contributed by atoms with Crippen molar-refractivity contribution < 1.29 is 23.9 Å². The second kappa shape index (κ2) is 11.8. The Balaban J connectivity index is 1.77. The number of aromatic nitrogens is 3. The molecule has 1 fully saturated rings. The highest BCUT2D eigenvalue weighted by molar-refractivity contribution is 7.17. The van der Waals surface area contributed by atoms with E-state index in [9.17, 15) is 14.4 Å². The van der Waals surface area contributed by atoms with Gasteiger partial charge in [0.05, 0.1) is 24.4 Å². The number of hydrogen-bond donors (Lipinski definition) is 2. The number of halogens is 1. The molecule has 2 aromatic rings. The first-order chi connectivity index (χ1) is 16.3. The number of ether oxygens (including phenoxy) is 2. The number of ketones is 1. The summed E-state index contributed by atoms with van der Waals surface area (Å²) in [6, 6.07) is -0.251. The monoisotopic (exact) mass is 511 g/mol. The van der Waals surface area contributed by atoms with Crippen molar-refractivity contribution in [2.24, 2.45) is 0 Å². The summed E-state index contributed by atoms with van der Waals surface area (Å²) in [5, 5.41) is 3.85. The molecule has 3 heterocycles. The number of piperidine rings is 1. The molecule has 12 heteroatoms. The lowest BCUT2D eigenvalue weighted by Crippen LogP contribution is -2.55. The summed E-state index contributed by atoms with van der Waals surface area (Å²) in [4.78, 5) is 51.3. The normalized spacial score (nSPS) is 18.1. The van der Waals surface area contributed by atoms with Crippen molar-refractivity contribution in [3.8, 4) is 0 Å². The molecule has 0 radical (unpaired) electrons. The molecule has 0 aromatic carbocycles. The molecule has 2 aromatic heterocycles. The average Bonchev–Trinajstić information content (AvgIpc) is 3.44. The second-order valence-electron chi connectivity index (χ2n) is 7.69. The maximum atomic E-state index is 12.8. The minimum Gasteiger partial charge on any atom is -0.462 e. The minimum absolute atomic E-state index is 0.144. The zero-order valence-electron chi connectivity index (χ0n) is 19.8. The van der Waals surface area contributed by atoms with Crippen molar-refractivity contribution in [1.29, 1.82) is 0 Å². The number of imidazole rings is 1. The highest BCUT2D eigenvalue weighted by Gasteiger charge is 2.34. The lowest BCUT2D eigenvalue weighted by atomic mass is 10.0. The van der Waals surface area contributed by atoms with Gasteiger partial charge >= 0.3 is 5.97 Å². The lowest BCUT2D eigenvalue weighted by molar-refractivity contribution is 0.0271. The standard InChI is InChI=1S/C22H30ClN5O5S/c1-5-12-18(23)27-19(24-12)20(30)25-13-9-10-28(11-15(13)32-7-3)22-26-16(14(29)6-2)17(34-22)21(31)33-8-4/h13,15H,5-11H2,1-4H3,(H,24,27)(H,25,30)/t13-,15+/m0/s1. The molecule has 1 aliphatic heterocycles. The molecule has 2 N–H and O–H groups in total. The van der Waals surface area contributed by atoms with Crippen LogP contribution in [0.1, 0.15) is 77.0 Å². The summed E-state index contributed by atoms with van der Waals surface area (Å²) in [5.41, 5.74) is 0.854. The van der Waals surface area contributed by atoms with Gasteiger partial charge < -0.3 is 24.7 Å². The van der Waals surface area contributed by atoms with Gasteiger partial charge in [-0.25, -0.2) is 14.8 Å². The molecule has 186 valence electrons. The number of aryl methyl sites for hydroxylation is 1. The van der Waals surface area contributed by atoms with Crippen LogP contribution in [0.2, 0.25) is 5.15 Å². The van der Waals surface area contributed by atoms with E-state index in [1.807, 2.05) is 18.7 Å². The van der Waals surface area contributed by atoms with Crippen molar-refractivity contribution in [3.05, 3.63) is 27.2 Å². The Kier molecular flexibility index (Phi) is 9.03. The number of aromatic amines is 1. The minimum atomic E-state index is -0.546. The first kappa shape index (κ1) is 26.1. The van der Waals surface area contributed by atoms with Gasteiger partial charge in [-0.05, 0) is 26.7 Å². The number of nitrogens with zero attached hydrogens (tertiary/aromatic N) is 3. The van der Waals surface area contributed by atoms with Crippen LogP contribution in [0.5, 0.6) is 0 Å². The number of carbonyl (C=O) groups is 3. The number of thiazole rings is 1. The summed E-state index contributed by atoms with van der Waals surface area (Å²) in [6.07, 6.45) is 1.14. The van der Waals surface area contributed by atoms with Crippen LogP contribution < -0.4 is 10.2 Å².